The van der Waals surface area contributed by atoms with E-state index in [-0.39, 0.29) is 0 Å². The fraction of sp³-hybridized carbons (Fsp3) is 0.941. The first-order valence-electron chi connectivity index (χ1n) is 8.61. The molecule has 0 spiro atoms. The molecular weight excluding hydrogens is 234 g/mol. The van der Waals surface area contributed by atoms with Gasteiger partial charge >= 0.3 is 0 Å². The summed E-state index contributed by atoms with van der Waals surface area (Å²) in [5, 5.41) is 0. The molecule has 2 nitrogen and oxygen atoms in total. The van der Waals surface area contributed by atoms with Gasteiger partial charge in [-0.3, -0.25) is 4.79 Å². The van der Waals surface area contributed by atoms with Crippen LogP contribution in [0, 0.1) is 11.8 Å². The standard InChI is InChI=1S/C17H29NO/c1-2-13-7-9-15(10-8-13)18(16-11-12-16)17(19)14-5-3-4-6-14/h13-16H,2-12H2,1H3. The van der Waals surface area contributed by atoms with Gasteiger partial charge in [0.25, 0.3) is 0 Å². The van der Waals surface area contributed by atoms with Crippen LogP contribution in [0.1, 0.15) is 77.6 Å². The lowest BCUT2D eigenvalue weighted by molar-refractivity contribution is -0.139. The lowest BCUT2D eigenvalue weighted by Gasteiger charge is -2.38. The van der Waals surface area contributed by atoms with Crippen molar-refractivity contribution in [2.45, 2.75) is 89.6 Å². The molecule has 0 radical (unpaired) electrons. The smallest absolute Gasteiger partial charge is 0.226 e. The second kappa shape index (κ2) is 5.85. The van der Waals surface area contributed by atoms with Crippen molar-refractivity contribution in [3.63, 3.8) is 0 Å². The van der Waals surface area contributed by atoms with E-state index in [0.717, 1.165) is 18.8 Å². The van der Waals surface area contributed by atoms with E-state index in [1.54, 1.807) is 0 Å². The van der Waals surface area contributed by atoms with E-state index in [2.05, 4.69) is 11.8 Å². The van der Waals surface area contributed by atoms with Gasteiger partial charge in [0.05, 0.1) is 0 Å². The first-order valence-corrected chi connectivity index (χ1v) is 8.61. The van der Waals surface area contributed by atoms with Gasteiger partial charge < -0.3 is 4.90 Å². The van der Waals surface area contributed by atoms with Crippen LogP contribution in [0.25, 0.3) is 0 Å². The highest BCUT2D eigenvalue weighted by molar-refractivity contribution is 5.80. The molecule has 0 N–H and O–H groups in total. The molecule has 0 aromatic rings. The lowest BCUT2D eigenvalue weighted by atomic mass is 9.83. The van der Waals surface area contributed by atoms with Crippen molar-refractivity contribution >= 4 is 5.91 Å². The molecule has 108 valence electrons. The van der Waals surface area contributed by atoms with Gasteiger partial charge in [0, 0.05) is 18.0 Å². The third kappa shape index (κ3) is 2.98. The van der Waals surface area contributed by atoms with Crippen LogP contribution in [-0.4, -0.2) is 22.9 Å². The molecule has 1 amide bonds. The first-order chi connectivity index (χ1) is 9.29. The van der Waals surface area contributed by atoms with Crippen molar-refractivity contribution in [2.75, 3.05) is 0 Å². The van der Waals surface area contributed by atoms with E-state index in [9.17, 15) is 4.79 Å². The van der Waals surface area contributed by atoms with Gasteiger partial charge in [-0.1, -0.05) is 26.2 Å². The minimum atomic E-state index is 0.379. The van der Waals surface area contributed by atoms with E-state index in [0.29, 0.717) is 23.9 Å². The minimum Gasteiger partial charge on any atom is -0.336 e. The van der Waals surface area contributed by atoms with Gasteiger partial charge in [0.2, 0.25) is 5.91 Å². The Morgan fingerprint density at radius 1 is 0.895 bits per heavy atom. The molecule has 0 atom stereocenters. The molecule has 0 heterocycles. The van der Waals surface area contributed by atoms with Gasteiger partial charge in [-0.2, -0.15) is 0 Å². The van der Waals surface area contributed by atoms with Crippen molar-refractivity contribution in [1.29, 1.82) is 0 Å². The monoisotopic (exact) mass is 263 g/mol. The van der Waals surface area contributed by atoms with E-state index in [4.69, 9.17) is 0 Å². The predicted octanol–water partition coefficient (Wildman–Crippen LogP) is 4.14. The zero-order valence-corrected chi connectivity index (χ0v) is 12.4. The van der Waals surface area contributed by atoms with Gasteiger partial charge in [-0.05, 0) is 57.3 Å². The summed E-state index contributed by atoms with van der Waals surface area (Å²) >= 11 is 0. The molecule has 0 bridgehead atoms. The third-order valence-corrected chi connectivity index (χ3v) is 5.69. The normalized spacial score (nSPS) is 32.5. The zero-order chi connectivity index (χ0) is 13.2. The summed E-state index contributed by atoms with van der Waals surface area (Å²) in [6.07, 6.45) is 14.0. The Balaban J connectivity index is 1.62. The minimum absolute atomic E-state index is 0.379. The fourth-order valence-corrected chi connectivity index (χ4v) is 4.23. The summed E-state index contributed by atoms with van der Waals surface area (Å²) in [5.41, 5.74) is 0. The number of rotatable bonds is 4. The Kier molecular flexibility index (Phi) is 4.14. The molecule has 0 aliphatic heterocycles. The van der Waals surface area contributed by atoms with Crippen LogP contribution in [0.2, 0.25) is 0 Å². The second-order valence-electron chi connectivity index (χ2n) is 7.04. The maximum Gasteiger partial charge on any atom is 0.226 e. The molecule has 3 fully saturated rings. The van der Waals surface area contributed by atoms with Crippen LogP contribution in [0.5, 0.6) is 0 Å². The Bertz CT molecular complexity index is 309. The lowest BCUT2D eigenvalue weighted by Crippen LogP contribution is -2.46. The first kappa shape index (κ1) is 13.5. The largest absolute Gasteiger partial charge is 0.336 e. The van der Waals surface area contributed by atoms with Crippen molar-refractivity contribution in [3.05, 3.63) is 0 Å². The highest BCUT2D eigenvalue weighted by atomic mass is 16.2. The number of nitrogens with zero attached hydrogens (tertiary/aromatic N) is 1. The highest BCUT2D eigenvalue weighted by Gasteiger charge is 2.41. The number of amides is 1. The Hall–Kier alpha value is -0.530. The van der Waals surface area contributed by atoms with Crippen LogP contribution in [-0.2, 0) is 4.79 Å². The predicted molar refractivity (Wildman–Crippen MR) is 77.9 cm³/mol. The zero-order valence-electron chi connectivity index (χ0n) is 12.4. The van der Waals surface area contributed by atoms with Crippen molar-refractivity contribution in [3.8, 4) is 0 Å². The van der Waals surface area contributed by atoms with E-state index in [1.165, 1.54) is 57.8 Å². The molecule has 19 heavy (non-hydrogen) atoms. The average Bonchev–Trinajstić information content (AvgIpc) is 3.12. The Morgan fingerprint density at radius 2 is 1.42 bits per heavy atom. The molecule has 3 rings (SSSR count). The van der Waals surface area contributed by atoms with Gasteiger partial charge in [-0.25, -0.2) is 0 Å². The molecular formula is C17H29NO. The van der Waals surface area contributed by atoms with Crippen molar-refractivity contribution in [2.24, 2.45) is 11.8 Å². The quantitative estimate of drug-likeness (QED) is 0.746. The Morgan fingerprint density at radius 3 is 1.89 bits per heavy atom. The molecule has 2 heteroatoms. The maximum atomic E-state index is 12.8. The number of hydrogen-bond acceptors (Lipinski definition) is 1. The molecule has 0 saturated heterocycles. The number of carbonyl (C=O) groups excluding carboxylic acids is 1. The Labute approximate surface area is 117 Å². The summed E-state index contributed by atoms with van der Waals surface area (Å²) < 4.78 is 0. The SMILES string of the molecule is CCC1CCC(N(C(=O)C2CCCC2)C2CC2)CC1. The van der Waals surface area contributed by atoms with Gasteiger partial charge in [-0.15, -0.1) is 0 Å². The maximum absolute atomic E-state index is 12.8. The number of carbonyl (C=O) groups is 1. The summed E-state index contributed by atoms with van der Waals surface area (Å²) in [6.45, 7) is 2.31. The van der Waals surface area contributed by atoms with Crippen molar-refractivity contribution < 1.29 is 4.79 Å². The summed E-state index contributed by atoms with van der Waals surface area (Å²) in [5.74, 6) is 1.84. The topological polar surface area (TPSA) is 20.3 Å². The summed E-state index contributed by atoms with van der Waals surface area (Å²) in [6, 6.07) is 1.21. The number of hydrogen-bond donors (Lipinski definition) is 0. The van der Waals surface area contributed by atoms with Crippen LogP contribution in [0.4, 0.5) is 0 Å². The van der Waals surface area contributed by atoms with Gasteiger partial charge in [0.15, 0.2) is 0 Å². The van der Waals surface area contributed by atoms with Gasteiger partial charge in [0.1, 0.15) is 0 Å². The molecule has 3 aliphatic carbocycles. The highest BCUT2D eigenvalue weighted by Crippen LogP contribution is 2.39. The van der Waals surface area contributed by atoms with E-state index >= 15 is 0 Å². The average molecular weight is 263 g/mol. The molecule has 0 aromatic heterocycles. The molecule has 3 aliphatic rings. The second-order valence-corrected chi connectivity index (χ2v) is 7.04. The molecule has 0 aromatic carbocycles. The summed E-state index contributed by atoms with van der Waals surface area (Å²) in [7, 11) is 0. The fourth-order valence-electron chi connectivity index (χ4n) is 4.23. The third-order valence-electron chi connectivity index (χ3n) is 5.69. The van der Waals surface area contributed by atoms with Crippen LogP contribution in [0.3, 0.4) is 0 Å². The summed E-state index contributed by atoms with van der Waals surface area (Å²) in [4.78, 5) is 15.2. The molecule has 0 unspecified atom stereocenters. The molecule has 3 saturated carbocycles. The van der Waals surface area contributed by atoms with E-state index < -0.39 is 0 Å². The van der Waals surface area contributed by atoms with Crippen molar-refractivity contribution in [1.82, 2.24) is 4.90 Å². The van der Waals surface area contributed by atoms with Crippen LogP contribution < -0.4 is 0 Å². The van der Waals surface area contributed by atoms with Crippen LogP contribution in [0.15, 0.2) is 0 Å². The van der Waals surface area contributed by atoms with E-state index in [1.807, 2.05) is 0 Å². The van der Waals surface area contributed by atoms with Crippen LogP contribution >= 0.6 is 0 Å².